The Morgan fingerprint density at radius 2 is 2.00 bits per heavy atom. The molecule has 1 unspecified atom stereocenters. The van der Waals surface area contributed by atoms with Crippen LogP contribution < -0.4 is 5.32 Å². The lowest BCUT2D eigenvalue weighted by molar-refractivity contribution is 0.181. The third-order valence-corrected chi connectivity index (χ3v) is 4.12. The van der Waals surface area contributed by atoms with Gasteiger partial charge >= 0.3 is 0 Å². The summed E-state index contributed by atoms with van der Waals surface area (Å²) in [6.07, 6.45) is 5.23. The number of piperidine rings is 1. The van der Waals surface area contributed by atoms with E-state index in [1.54, 1.807) is 0 Å². The second kappa shape index (κ2) is 6.91. The second-order valence-corrected chi connectivity index (χ2v) is 5.38. The van der Waals surface area contributed by atoms with E-state index in [9.17, 15) is 0 Å². The van der Waals surface area contributed by atoms with Crippen molar-refractivity contribution in [3.8, 4) is 0 Å². The molecule has 0 saturated carbocycles. The molecule has 0 aliphatic carbocycles. The van der Waals surface area contributed by atoms with Crippen LogP contribution in [0, 0.1) is 0 Å². The molecule has 2 heteroatoms. The SMILES string of the molecule is CCc1ccccc1CNCC1CCCCN1C. The van der Waals surface area contributed by atoms with Crippen molar-refractivity contribution in [3.63, 3.8) is 0 Å². The summed E-state index contributed by atoms with van der Waals surface area (Å²) in [4.78, 5) is 2.50. The zero-order valence-electron chi connectivity index (χ0n) is 11.8. The average Bonchev–Trinajstić information content (AvgIpc) is 2.41. The van der Waals surface area contributed by atoms with Crippen LogP contribution in [0.3, 0.4) is 0 Å². The number of likely N-dealkylation sites (tertiary alicyclic amines) is 1. The highest BCUT2D eigenvalue weighted by molar-refractivity contribution is 5.26. The molecule has 1 N–H and O–H groups in total. The zero-order valence-corrected chi connectivity index (χ0v) is 11.8. The molecule has 18 heavy (non-hydrogen) atoms. The molecule has 1 saturated heterocycles. The van der Waals surface area contributed by atoms with Gasteiger partial charge in [-0.25, -0.2) is 0 Å². The molecule has 1 aliphatic rings. The van der Waals surface area contributed by atoms with E-state index in [2.05, 4.69) is 48.5 Å². The zero-order chi connectivity index (χ0) is 12.8. The van der Waals surface area contributed by atoms with Gasteiger partial charge in [0.1, 0.15) is 0 Å². The first-order chi connectivity index (χ1) is 8.81. The van der Waals surface area contributed by atoms with Crippen LogP contribution in [-0.2, 0) is 13.0 Å². The van der Waals surface area contributed by atoms with Crippen molar-refractivity contribution in [2.24, 2.45) is 0 Å². The van der Waals surface area contributed by atoms with Crippen molar-refractivity contribution in [1.29, 1.82) is 0 Å². The van der Waals surface area contributed by atoms with Crippen molar-refractivity contribution in [2.75, 3.05) is 20.1 Å². The van der Waals surface area contributed by atoms with E-state index >= 15 is 0 Å². The number of rotatable bonds is 5. The lowest BCUT2D eigenvalue weighted by atomic mass is 10.0. The van der Waals surface area contributed by atoms with Crippen molar-refractivity contribution in [2.45, 2.75) is 45.2 Å². The van der Waals surface area contributed by atoms with Gasteiger partial charge in [0.15, 0.2) is 0 Å². The predicted octanol–water partition coefficient (Wildman–Crippen LogP) is 2.82. The maximum atomic E-state index is 3.63. The van der Waals surface area contributed by atoms with Gasteiger partial charge in [0.05, 0.1) is 0 Å². The van der Waals surface area contributed by atoms with E-state index in [0.717, 1.165) is 25.6 Å². The number of hydrogen-bond acceptors (Lipinski definition) is 2. The Kier molecular flexibility index (Phi) is 5.21. The van der Waals surface area contributed by atoms with Gasteiger partial charge in [-0.05, 0) is 44.0 Å². The highest BCUT2D eigenvalue weighted by Gasteiger charge is 2.17. The first kappa shape index (κ1) is 13.6. The van der Waals surface area contributed by atoms with Gasteiger partial charge in [0.25, 0.3) is 0 Å². The maximum Gasteiger partial charge on any atom is 0.0217 e. The molecule has 0 amide bonds. The number of hydrogen-bond donors (Lipinski definition) is 1. The molecule has 2 nitrogen and oxygen atoms in total. The fourth-order valence-corrected chi connectivity index (χ4v) is 2.85. The summed E-state index contributed by atoms with van der Waals surface area (Å²) in [7, 11) is 2.26. The summed E-state index contributed by atoms with van der Waals surface area (Å²) < 4.78 is 0. The van der Waals surface area contributed by atoms with Crippen molar-refractivity contribution >= 4 is 0 Å². The lowest BCUT2D eigenvalue weighted by Gasteiger charge is -2.32. The van der Waals surface area contributed by atoms with Crippen LogP contribution in [0.5, 0.6) is 0 Å². The van der Waals surface area contributed by atoms with Gasteiger partial charge in [-0.3, -0.25) is 0 Å². The molecular formula is C16H26N2. The molecule has 1 fully saturated rings. The molecule has 0 bridgehead atoms. The van der Waals surface area contributed by atoms with E-state index in [4.69, 9.17) is 0 Å². The topological polar surface area (TPSA) is 15.3 Å². The van der Waals surface area contributed by atoms with Crippen molar-refractivity contribution < 1.29 is 0 Å². The molecule has 1 aromatic rings. The molecule has 0 spiro atoms. The molecular weight excluding hydrogens is 220 g/mol. The summed E-state index contributed by atoms with van der Waals surface area (Å²) in [6.45, 7) is 5.62. The van der Waals surface area contributed by atoms with Crippen molar-refractivity contribution in [3.05, 3.63) is 35.4 Å². The summed E-state index contributed by atoms with van der Waals surface area (Å²) in [5.74, 6) is 0. The Balaban J connectivity index is 1.80. The quantitative estimate of drug-likeness (QED) is 0.859. The first-order valence-electron chi connectivity index (χ1n) is 7.29. The molecule has 2 rings (SSSR count). The van der Waals surface area contributed by atoms with Crippen LogP contribution in [0.25, 0.3) is 0 Å². The van der Waals surface area contributed by atoms with Crippen LogP contribution in [-0.4, -0.2) is 31.1 Å². The Morgan fingerprint density at radius 3 is 2.72 bits per heavy atom. The normalized spacial score (nSPS) is 21.1. The highest BCUT2D eigenvalue weighted by atomic mass is 15.2. The summed E-state index contributed by atoms with van der Waals surface area (Å²) in [6, 6.07) is 9.49. The van der Waals surface area contributed by atoms with E-state index < -0.39 is 0 Å². The van der Waals surface area contributed by atoms with Gasteiger partial charge in [0, 0.05) is 19.1 Å². The van der Waals surface area contributed by atoms with Crippen LogP contribution in [0.1, 0.15) is 37.3 Å². The predicted molar refractivity (Wildman–Crippen MR) is 77.8 cm³/mol. The van der Waals surface area contributed by atoms with Crippen LogP contribution >= 0.6 is 0 Å². The minimum absolute atomic E-state index is 0.729. The number of aryl methyl sites for hydroxylation is 1. The van der Waals surface area contributed by atoms with Crippen LogP contribution in [0.15, 0.2) is 24.3 Å². The van der Waals surface area contributed by atoms with Crippen LogP contribution in [0.2, 0.25) is 0 Å². The minimum Gasteiger partial charge on any atom is -0.311 e. The van der Waals surface area contributed by atoms with E-state index in [1.165, 1.54) is 36.9 Å². The number of nitrogens with zero attached hydrogens (tertiary/aromatic N) is 1. The highest BCUT2D eigenvalue weighted by Crippen LogP contribution is 2.14. The lowest BCUT2D eigenvalue weighted by Crippen LogP contribution is -2.42. The van der Waals surface area contributed by atoms with Gasteiger partial charge in [0.2, 0.25) is 0 Å². The molecule has 1 heterocycles. The summed E-state index contributed by atoms with van der Waals surface area (Å²) >= 11 is 0. The third kappa shape index (κ3) is 3.56. The van der Waals surface area contributed by atoms with E-state index in [-0.39, 0.29) is 0 Å². The molecule has 100 valence electrons. The van der Waals surface area contributed by atoms with Gasteiger partial charge in [-0.15, -0.1) is 0 Å². The summed E-state index contributed by atoms with van der Waals surface area (Å²) in [5.41, 5.74) is 2.93. The van der Waals surface area contributed by atoms with E-state index in [0.29, 0.717) is 0 Å². The van der Waals surface area contributed by atoms with Gasteiger partial charge in [-0.2, -0.15) is 0 Å². The van der Waals surface area contributed by atoms with Crippen LogP contribution in [0.4, 0.5) is 0 Å². The number of likely N-dealkylation sites (N-methyl/N-ethyl adjacent to an activating group) is 1. The Bertz CT molecular complexity index is 362. The molecule has 0 radical (unpaired) electrons. The fraction of sp³-hybridized carbons (Fsp3) is 0.625. The monoisotopic (exact) mass is 246 g/mol. The Morgan fingerprint density at radius 1 is 1.22 bits per heavy atom. The largest absolute Gasteiger partial charge is 0.311 e. The molecule has 0 aromatic heterocycles. The Labute approximate surface area is 111 Å². The van der Waals surface area contributed by atoms with Gasteiger partial charge in [-0.1, -0.05) is 37.6 Å². The minimum atomic E-state index is 0.729. The molecule has 1 aromatic carbocycles. The number of benzene rings is 1. The maximum absolute atomic E-state index is 3.63. The summed E-state index contributed by atoms with van der Waals surface area (Å²) in [5, 5.41) is 3.63. The molecule has 1 atom stereocenters. The average molecular weight is 246 g/mol. The fourth-order valence-electron chi connectivity index (χ4n) is 2.85. The number of nitrogens with one attached hydrogen (secondary N) is 1. The smallest absolute Gasteiger partial charge is 0.0217 e. The van der Waals surface area contributed by atoms with Gasteiger partial charge < -0.3 is 10.2 Å². The first-order valence-corrected chi connectivity index (χ1v) is 7.29. The van der Waals surface area contributed by atoms with E-state index in [1.807, 2.05) is 0 Å². The van der Waals surface area contributed by atoms with Crippen molar-refractivity contribution in [1.82, 2.24) is 10.2 Å². The Hall–Kier alpha value is -0.860. The standard InChI is InChI=1S/C16H26N2/c1-3-14-8-4-5-9-15(14)12-17-13-16-10-6-7-11-18(16)2/h4-5,8-9,16-17H,3,6-7,10-13H2,1-2H3. The second-order valence-electron chi connectivity index (χ2n) is 5.38. The molecule has 1 aliphatic heterocycles. The third-order valence-electron chi connectivity index (χ3n) is 4.12.